The van der Waals surface area contributed by atoms with Crippen molar-refractivity contribution < 1.29 is 14.1 Å². The number of aromatic nitrogens is 2. The Bertz CT molecular complexity index is 401. The second-order valence-corrected chi connectivity index (χ2v) is 4.14. The summed E-state index contributed by atoms with van der Waals surface area (Å²) >= 11 is 0. The number of carbonyl (C=O) groups is 1. The van der Waals surface area contributed by atoms with E-state index >= 15 is 0 Å². The maximum atomic E-state index is 11.4. The van der Waals surface area contributed by atoms with Crippen LogP contribution < -0.4 is 5.32 Å². The number of nitrogens with one attached hydrogen (secondary N) is 1. The second-order valence-electron chi connectivity index (χ2n) is 4.14. The van der Waals surface area contributed by atoms with Crippen LogP contribution in [0.5, 0.6) is 0 Å². The molecule has 0 aromatic carbocycles. The number of hydrogen-bond donors (Lipinski definition) is 1. The molecule has 1 aromatic heterocycles. The van der Waals surface area contributed by atoms with Crippen molar-refractivity contribution in [3.05, 3.63) is 11.7 Å². The van der Waals surface area contributed by atoms with Gasteiger partial charge in [-0.1, -0.05) is 0 Å². The Morgan fingerprint density at radius 2 is 2.28 bits per heavy atom. The first-order valence-electron chi connectivity index (χ1n) is 6.18. The number of rotatable bonds is 4. The maximum Gasteiger partial charge on any atom is 0.379 e. The van der Waals surface area contributed by atoms with Gasteiger partial charge in [-0.05, 0) is 19.0 Å². The van der Waals surface area contributed by atoms with Crippen LogP contribution in [-0.4, -0.2) is 53.8 Å². The highest BCUT2D eigenvalue weighted by Gasteiger charge is 2.24. The summed E-state index contributed by atoms with van der Waals surface area (Å²) in [4.78, 5) is 17.8. The lowest BCUT2D eigenvalue weighted by Gasteiger charge is -2.30. The van der Waals surface area contributed by atoms with E-state index in [9.17, 15) is 4.79 Å². The van der Waals surface area contributed by atoms with Crippen LogP contribution in [0.3, 0.4) is 0 Å². The summed E-state index contributed by atoms with van der Waals surface area (Å²) in [6.07, 6.45) is 0. The molecule has 0 saturated carbocycles. The van der Waals surface area contributed by atoms with Crippen LogP contribution in [0.1, 0.15) is 36.4 Å². The standard InChI is InChI=1S/C11H18N4O3/c1-3-17-11(16)9-13-10(18-14-9)8(2)15-6-4-12-5-7-15/h8,12H,3-7H2,1-2H3. The Kier molecular flexibility index (Phi) is 4.27. The van der Waals surface area contributed by atoms with Gasteiger partial charge in [0.1, 0.15) is 0 Å². The van der Waals surface area contributed by atoms with Gasteiger partial charge in [0, 0.05) is 26.2 Å². The molecule has 2 heterocycles. The van der Waals surface area contributed by atoms with Crippen molar-refractivity contribution in [3.63, 3.8) is 0 Å². The molecule has 7 nitrogen and oxygen atoms in total. The average Bonchev–Trinajstić information content (AvgIpc) is 2.89. The molecule has 1 atom stereocenters. The van der Waals surface area contributed by atoms with Gasteiger partial charge in [-0.3, -0.25) is 4.90 Å². The van der Waals surface area contributed by atoms with Crippen molar-refractivity contribution in [2.75, 3.05) is 32.8 Å². The fourth-order valence-corrected chi connectivity index (χ4v) is 1.91. The Labute approximate surface area is 105 Å². The largest absolute Gasteiger partial charge is 0.460 e. The quantitative estimate of drug-likeness (QED) is 0.769. The number of ether oxygens (including phenoxy) is 1. The number of piperazine rings is 1. The topological polar surface area (TPSA) is 80.5 Å². The number of nitrogens with zero attached hydrogens (tertiary/aromatic N) is 3. The smallest absolute Gasteiger partial charge is 0.379 e. The molecule has 1 aliphatic rings. The van der Waals surface area contributed by atoms with E-state index in [0.29, 0.717) is 12.5 Å². The van der Waals surface area contributed by atoms with Crippen molar-refractivity contribution in [2.45, 2.75) is 19.9 Å². The van der Waals surface area contributed by atoms with E-state index in [1.807, 2.05) is 6.92 Å². The van der Waals surface area contributed by atoms with Crippen LogP contribution in [0, 0.1) is 0 Å². The molecule has 1 fully saturated rings. The van der Waals surface area contributed by atoms with Gasteiger partial charge in [0.2, 0.25) is 5.89 Å². The monoisotopic (exact) mass is 254 g/mol. The first-order valence-corrected chi connectivity index (χ1v) is 6.18. The summed E-state index contributed by atoms with van der Waals surface area (Å²) in [7, 11) is 0. The molecule has 0 spiro atoms. The molecular formula is C11H18N4O3. The highest BCUT2D eigenvalue weighted by atomic mass is 16.5. The van der Waals surface area contributed by atoms with Gasteiger partial charge in [-0.25, -0.2) is 4.79 Å². The van der Waals surface area contributed by atoms with Crippen LogP contribution in [-0.2, 0) is 4.74 Å². The van der Waals surface area contributed by atoms with Gasteiger partial charge in [0.15, 0.2) is 0 Å². The fourth-order valence-electron chi connectivity index (χ4n) is 1.91. The zero-order chi connectivity index (χ0) is 13.0. The molecule has 1 N–H and O–H groups in total. The molecule has 18 heavy (non-hydrogen) atoms. The summed E-state index contributed by atoms with van der Waals surface area (Å²) in [6, 6.07) is 0.0165. The SMILES string of the molecule is CCOC(=O)c1noc(C(C)N2CCNCC2)n1. The first kappa shape index (κ1) is 13.0. The Morgan fingerprint density at radius 3 is 2.94 bits per heavy atom. The second kappa shape index (κ2) is 5.92. The zero-order valence-corrected chi connectivity index (χ0v) is 10.7. The lowest BCUT2D eigenvalue weighted by atomic mass is 10.2. The fraction of sp³-hybridized carbons (Fsp3) is 0.727. The van der Waals surface area contributed by atoms with Gasteiger partial charge < -0.3 is 14.6 Å². The van der Waals surface area contributed by atoms with E-state index in [0.717, 1.165) is 26.2 Å². The average molecular weight is 254 g/mol. The number of hydrogen-bond acceptors (Lipinski definition) is 7. The van der Waals surface area contributed by atoms with Crippen LogP contribution in [0.25, 0.3) is 0 Å². The summed E-state index contributed by atoms with van der Waals surface area (Å²) in [5.41, 5.74) is 0. The van der Waals surface area contributed by atoms with Crippen LogP contribution in [0.2, 0.25) is 0 Å². The molecule has 2 rings (SSSR count). The predicted octanol–water partition coefficient (Wildman–Crippen LogP) is 0.213. The molecule has 100 valence electrons. The van der Waals surface area contributed by atoms with Crippen molar-refractivity contribution in [2.24, 2.45) is 0 Å². The first-order chi connectivity index (χ1) is 8.72. The lowest BCUT2D eigenvalue weighted by Crippen LogP contribution is -2.44. The van der Waals surface area contributed by atoms with Crippen LogP contribution >= 0.6 is 0 Å². The third kappa shape index (κ3) is 2.85. The normalized spacial score (nSPS) is 18.6. The minimum absolute atomic E-state index is 0.00571. The molecule has 0 radical (unpaired) electrons. The molecule has 1 aromatic rings. The van der Waals surface area contributed by atoms with Crippen molar-refractivity contribution in [1.82, 2.24) is 20.4 Å². The summed E-state index contributed by atoms with van der Waals surface area (Å²) in [5, 5.41) is 6.93. The molecular weight excluding hydrogens is 236 g/mol. The highest BCUT2D eigenvalue weighted by Crippen LogP contribution is 2.18. The summed E-state index contributed by atoms with van der Waals surface area (Å²) < 4.78 is 9.94. The summed E-state index contributed by atoms with van der Waals surface area (Å²) in [6.45, 7) is 7.79. The highest BCUT2D eigenvalue weighted by molar-refractivity contribution is 5.84. The molecule has 1 unspecified atom stereocenters. The van der Waals surface area contributed by atoms with E-state index in [1.165, 1.54) is 0 Å². The molecule has 1 aliphatic heterocycles. The lowest BCUT2D eigenvalue weighted by molar-refractivity contribution is 0.0508. The van der Waals surface area contributed by atoms with Crippen molar-refractivity contribution in [3.8, 4) is 0 Å². The minimum atomic E-state index is -0.542. The van der Waals surface area contributed by atoms with Crippen molar-refractivity contribution >= 4 is 5.97 Å². The molecule has 0 amide bonds. The van der Waals surface area contributed by atoms with E-state index in [2.05, 4.69) is 20.4 Å². The van der Waals surface area contributed by atoms with E-state index in [1.54, 1.807) is 6.92 Å². The van der Waals surface area contributed by atoms with Crippen LogP contribution in [0.4, 0.5) is 0 Å². The maximum absolute atomic E-state index is 11.4. The third-order valence-electron chi connectivity index (χ3n) is 2.96. The number of esters is 1. The Morgan fingerprint density at radius 1 is 1.56 bits per heavy atom. The third-order valence-corrected chi connectivity index (χ3v) is 2.96. The summed E-state index contributed by atoms with van der Waals surface area (Å²) in [5.74, 6) is -0.0891. The predicted molar refractivity (Wildman–Crippen MR) is 63.1 cm³/mol. The molecule has 0 bridgehead atoms. The Hall–Kier alpha value is -1.47. The van der Waals surface area contributed by atoms with Gasteiger partial charge in [-0.2, -0.15) is 4.98 Å². The van der Waals surface area contributed by atoms with E-state index < -0.39 is 5.97 Å². The van der Waals surface area contributed by atoms with Gasteiger partial charge >= 0.3 is 5.97 Å². The van der Waals surface area contributed by atoms with Gasteiger partial charge in [0.05, 0.1) is 12.6 Å². The minimum Gasteiger partial charge on any atom is -0.460 e. The van der Waals surface area contributed by atoms with Crippen molar-refractivity contribution in [1.29, 1.82) is 0 Å². The molecule has 0 aliphatic carbocycles. The van der Waals surface area contributed by atoms with Gasteiger partial charge in [0.25, 0.3) is 5.82 Å². The van der Waals surface area contributed by atoms with E-state index in [-0.39, 0.29) is 11.9 Å². The van der Waals surface area contributed by atoms with Crippen LogP contribution in [0.15, 0.2) is 4.52 Å². The molecule has 1 saturated heterocycles. The Balaban J connectivity index is 2.02. The van der Waals surface area contributed by atoms with Gasteiger partial charge in [-0.15, -0.1) is 0 Å². The molecule has 7 heteroatoms. The number of carbonyl (C=O) groups excluding carboxylic acids is 1. The van der Waals surface area contributed by atoms with E-state index in [4.69, 9.17) is 9.26 Å². The zero-order valence-electron chi connectivity index (χ0n) is 10.7.